The molecule has 0 fully saturated rings. The third kappa shape index (κ3) is 2.31. The molecule has 3 nitrogen and oxygen atoms in total. The first-order valence-electron chi connectivity index (χ1n) is 5.02. The van der Waals surface area contributed by atoms with E-state index in [-0.39, 0.29) is 0 Å². The van der Waals surface area contributed by atoms with Crippen LogP contribution >= 0.6 is 0 Å². The Morgan fingerprint density at radius 3 is 2.88 bits per heavy atom. The number of benzene rings is 1. The molecular formula is C13H13NO2. The molecule has 0 radical (unpaired) electrons. The van der Waals surface area contributed by atoms with Crippen LogP contribution in [0.2, 0.25) is 0 Å². The van der Waals surface area contributed by atoms with Crippen LogP contribution in [0.3, 0.4) is 0 Å². The molecule has 0 saturated carbocycles. The van der Waals surface area contributed by atoms with Crippen LogP contribution in [0.25, 0.3) is 0 Å². The lowest BCUT2D eigenvalue weighted by molar-refractivity contribution is 0.416. The van der Waals surface area contributed by atoms with Gasteiger partial charge in [-0.05, 0) is 36.8 Å². The van der Waals surface area contributed by atoms with E-state index in [1.807, 2.05) is 37.3 Å². The summed E-state index contributed by atoms with van der Waals surface area (Å²) < 4.78 is 10.4. The SMILES string of the molecule is COc1ccc(C)cc1N=Cc1ccco1. The van der Waals surface area contributed by atoms with E-state index in [9.17, 15) is 0 Å². The fourth-order valence-corrected chi connectivity index (χ4v) is 1.40. The van der Waals surface area contributed by atoms with Crippen molar-refractivity contribution in [2.24, 2.45) is 4.99 Å². The van der Waals surface area contributed by atoms with Gasteiger partial charge in [0.25, 0.3) is 0 Å². The first-order chi connectivity index (χ1) is 7.79. The number of rotatable bonds is 3. The first-order valence-corrected chi connectivity index (χ1v) is 5.02. The molecule has 0 aliphatic rings. The number of ether oxygens (including phenoxy) is 1. The molecule has 1 aromatic carbocycles. The summed E-state index contributed by atoms with van der Waals surface area (Å²) in [5.74, 6) is 1.48. The lowest BCUT2D eigenvalue weighted by atomic mass is 10.2. The molecular weight excluding hydrogens is 202 g/mol. The van der Waals surface area contributed by atoms with Crippen molar-refractivity contribution >= 4 is 11.9 Å². The third-order valence-corrected chi connectivity index (χ3v) is 2.21. The molecule has 0 aliphatic carbocycles. The smallest absolute Gasteiger partial charge is 0.144 e. The Bertz CT molecular complexity index is 487. The van der Waals surface area contributed by atoms with Gasteiger partial charge in [0, 0.05) is 0 Å². The lowest BCUT2D eigenvalue weighted by Gasteiger charge is -2.04. The van der Waals surface area contributed by atoms with Crippen molar-refractivity contribution in [3.8, 4) is 5.75 Å². The quantitative estimate of drug-likeness (QED) is 0.736. The van der Waals surface area contributed by atoms with Gasteiger partial charge in [-0.2, -0.15) is 0 Å². The predicted molar refractivity (Wildman–Crippen MR) is 63.7 cm³/mol. The number of hydrogen-bond acceptors (Lipinski definition) is 3. The minimum absolute atomic E-state index is 0.726. The van der Waals surface area contributed by atoms with Crippen molar-refractivity contribution in [2.75, 3.05) is 7.11 Å². The van der Waals surface area contributed by atoms with E-state index in [2.05, 4.69) is 4.99 Å². The zero-order valence-corrected chi connectivity index (χ0v) is 9.31. The van der Waals surface area contributed by atoms with E-state index in [0.29, 0.717) is 0 Å². The second-order valence-electron chi connectivity index (χ2n) is 3.45. The number of aryl methyl sites for hydroxylation is 1. The Morgan fingerprint density at radius 1 is 1.31 bits per heavy atom. The second-order valence-corrected chi connectivity index (χ2v) is 3.45. The van der Waals surface area contributed by atoms with E-state index >= 15 is 0 Å². The van der Waals surface area contributed by atoms with Crippen LogP contribution in [0.15, 0.2) is 46.0 Å². The van der Waals surface area contributed by atoms with Crippen LogP contribution in [0, 0.1) is 6.92 Å². The maximum Gasteiger partial charge on any atom is 0.144 e. The Labute approximate surface area is 94.4 Å². The van der Waals surface area contributed by atoms with Gasteiger partial charge in [0.05, 0.1) is 19.6 Å². The summed E-state index contributed by atoms with van der Waals surface area (Å²) in [6, 6.07) is 9.55. The average Bonchev–Trinajstić information content (AvgIpc) is 2.79. The van der Waals surface area contributed by atoms with E-state index in [0.717, 1.165) is 22.8 Å². The van der Waals surface area contributed by atoms with Gasteiger partial charge in [-0.15, -0.1) is 0 Å². The molecule has 3 heteroatoms. The van der Waals surface area contributed by atoms with Crippen molar-refractivity contribution in [3.05, 3.63) is 47.9 Å². The van der Waals surface area contributed by atoms with Gasteiger partial charge in [-0.25, -0.2) is 4.99 Å². The molecule has 2 rings (SSSR count). The summed E-state index contributed by atoms with van der Waals surface area (Å²) in [6.45, 7) is 2.02. The molecule has 0 aliphatic heterocycles. The highest BCUT2D eigenvalue weighted by atomic mass is 16.5. The zero-order valence-electron chi connectivity index (χ0n) is 9.31. The van der Waals surface area contributed by atoms with E-state index in [4.69, 9.17) is 9.15 Å². The standard InChI is InChI=1S/C13H13NO2/c1-10-5-6-13(15-2)12(8-10)14-9-11-4-3-7-16-11/h3-9H,1-2H3. The number of nitrogens with zero attached hydrogens (tertiary/aromatic N) is 1. The van der Waals surface area contributed by atoms with Crippen molar-refractivity contribution in [1.29, 1.82) is 0 Å². The number of furan rings is 1. The summed E-state index contributed by atoms with van der Waals surface area (Å²) in [4.78, 5) is 4.34. The Hall–Kier alpha value is -2.03. The Morgan fingerprint density at radius 2 is 2.19 bits per heavy atom. The molecule has 82 valence electrons. The molecule has 0 saturated heterocycles. The third-order valence-electron chi connectivity index (χ3n) is 2.21. The minimum Gasteiger partial charge on any atom is -0.494 e. The first kappa shape index (κ1) is 10.5. The Kier molecular flexibility index (Phi) is 3.05. The topological polar surface area (TPSA) is 34.7 Å². The summed E-state index contributed by atoms with van der Waals surface area (Å²) in [6.07, 6.45) is 3.30. The lowest BCUT2D eigenvalue weighted by Crippen LogP contribution is -1.84. The molecule has 1 heterocycles. The van der Waals surface area contributed by atoms with E-state index in [1.54, 1.807) is 19.6 Å². The monoisotopic (exact) mass is 215 g/mol. The van der Waals surface area contributed by atoms with Crippen molar-refractivity contribution in [1.82, 2.24) is 0 Å². The van der Waals surface area contributed by atoms with Gasteiger partial charge >= 0.3 is 0 Å². The van der Waals surface area contributed by atoms with E-state index < -0.39 is 0 Å². The van der Waals surface area contributed by atoms with Crippen molar-refractivity contribution in [2.45, 2.75) is 6.92 Å². The normalized spacial score (nSPS) is 10.9. The van der Waals surface area contributed by atoms with Crippen LogP contribution in [0.4, 0.5) is 5.69 Å². The van der Waals surface area contributed by atoms with Crippen molar-refractivity contribution in [3.63, 3.8) is 0 Å². The summed E-state index contributed by atoms with van der Waals surface area (Å²) in [7, 11) is 1.64. The number of hydrogen-bond donors (Lipinski definition) is 0. The van der Waals surface area contributed by atoms with Crippen LogP contribution in [0.1, 0.15) is 11.3 Å². The molecule has 0 bridgehead atoms. The number of aliphatic imine (C=N–C) groups is 1. The van der Waals surface area contributed by atoms with Crippen LogP contribution in [0.5, 0.6) is 5.75 Å². The molecule has 16 heavy (non-hydrogen) atoms. The highest BCUT2D eigenvalue weighted by Gasteiger charge is 2.00. The van der Waals surface area contributed by atoms with Crippen LogP contribution < -0.4 is 4.74 Å². The van der Waals surface area contributed by atoms with Gasteiger partial charge in [0.1, 0.15) is 17.2 Å². The van der Waals surface area contributed by atoms with E-state index in [1.165, 1.54) is 0 Å². The van der Waals surface area contributed by atoms with Gasteiger partial charge in [0.15, 0.2) is 0 Å². The molecule has 0 spiro atoms. The summed E-state index contributed by atoms with van der Waals surface area (Å²) in [5, 5.41) is 0. The number of methoxy groups -OCH3 is 1. The molecule has 0 N–H and O–H groups in total. The molecule has 0 unspecified atom stereocenters. The summed E-state index contributed by atoms with van der Waals surface area (Å²) >= 11 is 0. The molecule has 1 aromatic heterocycles. The molecule has 0 amide bonds. The average molecular weight is 215 g/mol. The molecule has 2 aromatic rings. The minimum atomic E-state index is 0.726. The highest BCUT2D eigenvalue weighted by molar-refractivity contribution is 5.79. The fourth-order valence-electron chi connectivity index (χ4n) is 1.40. The van der Waals surface area contributed by atoms with Crippen LogP contribution in [-0.4, -0.2) is 13.3 Å². The van der Waals surface area contributed by atoms with Gasteiger partial charge in [-0.3, -0.25) is 0 Å². The zero-order chi connectivity index (χ0) is 11.4. The van der Waals surface area contributed by atoms with Gasteiger partial charge in [0.2, 0.25) is 0 Å². The highest BCUT2D eigenvalue weighted by Crippen LogP contribution is 2.27. The maximum absolute atomic E-state index is 5.23. The Balaban J connectivity index is 2.29. The fraction of sp³-hybridized carbons (Fsp3) is 0.154. The van der Waals surface area contributed by atoms with Gasteiger partial charge in [-0.1, -0.05) is 6.07 Å². The van der Waals surface area contributed by atoms with Gasteiger partial charge < -0.3 is 9.15 Å². The maximum atomic E-state index is 5.23. The molecule has 0 atom stereocenters. The second kappa shape index (κ2) is 4.66. The predicted octanol–water partition coefficient (Wildman–Crippen LogP) is 3.35. The summed E-state index contributed by atoms with van der Waals surface area (Å²) in [5.41, 5.74) is 1.95. The van der Waals surface area contributed by atoms with Crippen LogP contribution in [-0.2, 0) is 0 Å². The largest absolute Gasteiger partial charge is 0.494 e. The van der Waals surface area contributed by atoms with Crippen molar-refractivity contribution < 1.29 is 9.15 Å².